The van der Waals surface area contributed by atoms with Crippen LogP contribution in [-0.4, -0.2) is 10.1 Å². The molecule has 0 saturated heterocycles. The van der Waals surface area contributed by atoms with Gasteiger partial charge in [0.25, 0.3) is 0 Å². The van der Waals surface area contributed by atoms with Gasteiger partial charge >= 0.3 is 0 Å². The summed E-state index contributed by atoms with van der Waals surface area (Å²) in [6.45, 7) is 4.28. The Balaban J connectivity index is 1.46. The number of benzene rings is 5. The Morgan fingerprint density at radius 3 is 2.47 bits per heavy atom. The molecule has 6 heteroatoms. The second-order valence-corrected chi connectivity index (χ2v) is 9.43. The first-order chi connectivity index (χ1) is 18.6. The zero-order valence-corrected chi connectivity index (χ0v) is 21.3. The van der Waals surface area contributed by atoms with E-state index in [0.29, 0.717) is 16.9 Å². The van der Waals surface area contributed by atoms with E-state index in [1.807, 2.05) is 67.6 Å². The summed E-state index contributed by atoms with van der Waals surface area (Å²) in [6.07, 6.45) is 0.887. The minimum absolute atomic E-state index is 0.0464. The average molecular weight is 501 g/mol. The molecule has 0 aliphatic heterocycles. The molecule has 6 nitrogen and oxygen atoms in total. The van der Waals surface area contributed by atoms with E-state index in [4.69, 9.17) is 4.84 Å². The monoisotopic (exact) mass is 500 g/mol. The molecule has 5 aromatic carbocycles. The lowest BCUT2D eigenvalue weighted by atomic mass is 10.0. The predicted molar refractivity (Wildman–Crippen MR) is 155 cm³/mol. The number of phenolic OH excluding ortho intramolecular Hbond substituents is 1. The number of hydrogen-bond acceptors (Lipinski definition) is 5. The van der Waals surface area contributed by atoms with Crippen molar-refractivity contribution in [3.05, 3.63) is 108 Å². The summed E-state index contributed by atoms with van der Waals surface area (Å²) in [5.41, 5.74) is 9.95. The molecule has 0 bridgehead atoms. The van der Waals surface area contributed by atoms with Gasteiger partial charge in [0.15, 0.2) is 0 Å². The van der Waals surface area contributed by atoms with Crippen LogP contribution in [0.4, 0.5) is 17.1 Å². The highest BCUT2D eigenvalue weighted by Gasteiger charge is 2.18. The minimum Gasteiger partial charge on any atom is -0.505 e. The smallest absolute Gasteiger partial charge is 0.149 e. The van der Waals surface area contributed by atoms with Gasteiger partial charge in [-0.05, 0) is 54.6 Å². The number of aromatic amines is 1. The molecule has 6 aromatic rings. The van der Waals surface area contributed by atoms with Crippen molar-refractivity contribution in [1.29, 1.82) is 0 Å². The van der Waals surface area contributed by atoms with Gasteiger partial charge in [-0.2, -0.15) is 5.11 Å². The number of aromatic hydroxyl groups is 1. The maximum atomic E-state index is 11.5. The van der Waals surface area contributed by atoms with E-state index >= 15 is 0 Å². The van der Waals surface area contributed by atoms with Crippen LogP contribution in [0.3, 0.4) is 0 Å². The molecule has 0 unspecified atom stereocenters. The normalized spacial score (nSPS) is 11.7. The first-order valence-corrected chi connectivity index (χ1v) is 12.7. The summed E-state index contributed by atoms with van der Waals surface area (Å²) in [6, 6.07) is 30.1. The van der Waals surface area contributed by atoms with Crippen LogP contribution in [-0.2, 0) is 17.9 Å². The fraction of sp³-hybridized carbons (Fsp3) is 0.125. The quantitative estimate of drug-likeness (QED) is 0.151. The fourth-order valence-corrected chi connectivity index (χ4v) is 4.88. The molecule has 0 radical (unpaired) electrons. The third-order valence-electron chi connectivity index (χ3n) is 6.92. The molecule has 3 N–H and O–H groups in total. The minimum atomic E-state index is 0.0464. The van der Waals surface area contributed by atoms with E-state index in [1.165, 1.54) is 0 Å². The number of H-pyrrole nitrogens is 1. The van der Waals surface area contributed by atoms with E-state index in [1.54, 1.807) is 0 Å². The number of azo groups is 1. The van der Waals surface area contributed by atoms with Gasteiger partial charge in [-0.15, -0.1) is 5.11 Å². The summed E-state index contributed by atoms with van der Waals surface area (Å²) in [5.74, 6) is 0.0464. The lowest BCUT2D eigenvalue weighted by Gasteiger charge is -2.14. The van der Waals surface area contributed by atoms with Crippen LogP contribution in [0, 0.1) is 6.92 Å². The maximum Gasteiger partial charge on any atom is 0.149 e. The Morgan fingerprint density at radius 1 is 0.842 bits per heavy atom. The van der Waals surface area contributed by atoms with Crippen molar-refractivity contribution in [2.45, 2.75) is 26.9 Å². The zero-order valence-electron chi connectivity index (χ0n) is 21.3. The second-order valence-electron chi connectivity index (χ2n) is 9.43. The van der Waals surface area contributed by atoms with E-state index < -0.39 is 0 Å². The molecule has 0 saturated carbocycles. The first-order valence-electron chi connectivity index (χ1n) is 12.7. The van der Waals surface area contributed by atoms with Crippen LogP contribution in [0.25, 0.3) is 32.6 Å². The highest BCUT2D eigenvalue weighted by atomic mass is 16.6. The molecule has 1 heterocycles. The molecular formula is C32H28N4O2. The van der Waals surface area contributed by atoms with Gasteiger partial charge < -0.3 is 10.1 Å². The molecule has 0 amide bonds. The third-order valence-corrected chi connectivity index (χ3v) is 6.92. The number of rotatable bonds is 7. The van der Waals surface area contributed by atoms with Gasteiger partial charge in [-0.25, -0.2) is 0 Å². The second kappa shape index (κ2) is 10.00. The standard InChI is InChI=1S/C32H28N4O2/c1-3-21-8-4-6-10-27(21)36-38-19-23-18-22-14-17-26-25-9-5-7-11-28(25)33-30(26)29(22)31(32(23)37)35-34-24-15-12-20(2)13-16-24/h4-18,33,36-37H,3,19H2,1-2H3. The van der Waals surface area contributed by atoms with E-state index in [2.05, 4.69) is 57.9 Å². The summed E-state index contributed by atoms with van der Waals surface area (Å²) in [5, 5.41) is 24.5. The van der Waals surface area contributed by atoms with E-state index in [0.717, 1.165) is 55.8 Å². The van der Waals surface area contributed by atoms with Gasteiger partial charge in [-0.3, -0.25) is 10.3 Å². The molecule has 0 fully saturated rings. The van der Waals surface area contributed by atoms with Crippen LogP contribution in [0.1, 0.15) is 23.6 Å². The topological polar surface area (TPSA) is 82.0 Å². The number of fused-ring (bicyclic) bond motifs is 5. The molecule has 0 aliphatic carbocycles. The van der Waals surface area contributed by atoms with Crippen LogP contribution < -0.4 is 5.48 Å². The van der Waals surface area contributed by atoms with Gasteiger partial charge in [0.2, 0.25) is 0 Å². The van der Waals surface area contributed by atoms with Crippen molar-refractivity contribution in [3.8, 4) is 5.75 Å². The van der Waals surface area contributed by atoms with Crippen LogP contribution >= 0.6 is 0 Å². The molecule has 6 rings (SSSR count). The Kier molecular flexibility index (Phi) is 6.23. The number of aryl methyl sites for hydroxylation is 2. The summed E-state index contributed by atoms with van der Waals surface area (Å²) in [4.78, 5) is 9.39. The Hall–Kier alpha value is -4.68. The number of aromatic nitrogens is 1. The van der Waals surface area contributed by atoms with Crippen molar-refractivity contribution in [2.24, 2.45) is 10.2 Å². The number of nitrogens with zero attached hydrogens (tertiary/aromatic N) is 2. The lowest BCUT2D eigenvalue weighted by Crippen LogP contribution is -2.04. The molecule has 0 aliphatic rings. The van der Waals surface area contributed by atoms with Gasteiger partial charge in [-0.1, -0.05) is 73.2 Å². The number of para-hydroxylation sites is 2. The number of phenols is 1. The number of hydrogen-bond donors (Lipinski definition) is 3. The zero-order chi connectivity index (χ0) is 26.1. The maximum absolute atomic E-state index is 11.5. The number of anilines is 1. The summed E-state index contributed by atoms with van der Waals surface area (Å²) >= 11 is 0. The molecule has 38 heavy (non-hydrogen) atoms. The lowest BCUT2D eigenvalue weighted by molar-refractivity contribution is 0.177. The van der Waals surface area contributed by atoms with Crippen molar-refractivity contribution in [1.82, 2.24) is 4.98 Å². The van der Waals surface area contributed by atoms with Crippen LogP contribution in [0.5, 0.6) is 5.75 Å². The Morgan fingerprint density at radius 2 is 1.63 bits per heavy atom. The van der Waals surface area contributed by atoms with E-state index in [9.17, 15) is 5.11 Å². The van der Waals surface area contributed by atoms with Gasteiger partial charge in [0.1, 0.15) is 18.0 Å². The van der Waals surface area contributed by atoms with Crippen molar-refractivity contribution in [3.63, 3.8) is 0 Å². The molecule has 1 aromatic heterocycles. The van der Waals surface area contributed by atoms with Gasteiger partial charge in [0.05, 0.1) is 16.9 Å². The third kappa shape index (κ3) is 4.35. The Labute approximate surface area is 220 Å². The fourth-order valence-electron chi connectivity index (χ4n) is 4.88. The summed E-state index contributed by atoms with van der Waals surface area (Å²) in [7, 11) is 0. The predicted octanol–water partition coefficient (Wildman–Crippen LogP) is 9.01. The highest BCUT2D eigenvalue weighted by Crippen LogP contribution is 2.44. The molecule has 0 spiro atoms. The Bertz CT molecular complexity index is 1800. The molecular weight excluding hydrogens is 472 g/mol. The number of nitrogens with one attached hydrogen (secondary N) is 2. The largest absolute Gasteiger partial charge is 0.505 e. The van der Waals surface area contributed by atoms with Gasteiger partial charge in [0, 0.05) is 27.2 Å². The molecule has 0 atom stereocenters. The molecule has 188 valence electrons. The van der Waals surface area contributed by atoms with Crippen molar-refractivity contribution in [2.75, 3.05) is 5.48 Å². The van der Waals surface area contributed by atoms with E-state index in [-0.39, 0.29) is 12.4 Å². The van der Waals surface area contributed by atoms with Crippen molar-refractivity contribution >= 4 is 49.6 Å². The van der Waals surface area contributed by atoms with Crippen LogP contribution in [0.15, 0.2) is 101 Å². The first kappa shape index (κ1) is 23.7. The van der Waals surface area contributed by atoms with Crippen molar-refractivity contribution < 1.29 is 9.94 Å². The van der Waals surface area contributed by atoms with Crippen LogP contribution in [0.2, 0.25) is 0 Å². The summed E-state index contributed by atoms with van der Waals surface area (Å²) < 4.78 is 0. The SMILES string of the molecule is CCc1ccccc1NOCc1cc2ccc3c4ccccc4[nH]c3c2c(N=Nc2ccc(C)cc2)c1O. The highest BCUT2D eigenvalue weighted by molar-refractivity contribution is 6.20. The average Bonchev–Trinajstić information content (AvgIpc) is 3.33.